The molecule has 1 aromatic rings. The van der Waals surface area contributed by atoms with Gasteiger partial charge >= 0.3 is 5.76 Å². The average Bonchev–Trinajstić information content (AvgIpc) is 2.14. The number of methoxy groups -OCH3 is 1. The number of halogens is 1. The van der Waals surface area contributed by atoms with E-state index in [1.54, 1.807) is 0 Å². The van der Waals surface area contributed by atoms with Gasteiger partial charge in [0.25, 0.3) is 0 Å². The Morgan fingerprint density at radius 1 is 1.82 bits per heavy atom. The van der Waals surface area contributed by atoms with Gasteiger partial charge in [0.1, 0.15) is 6.61 Å². The van der Waals surface area contributed by atoms with Crippen LogP contribution in [0.15, 0.2) is 15.4 Å². The van der Waals surface area contributed by atoms with Crippen molar-refractivity contribution in [3.63, 3.8) is 0 Å². The number of oxazole rings is 1. The Balaban J connectivity index is 0.000001000. The van der Waals surface area contributed by atoms with Gasteiger partial charge in [-0.1, -0.05) is 0 Å². The minimum atomic E-state index is -0.577. The van der Waals surface area contributed by atoms with Crippen LogP contribution >= 0.6 is 12.4 Å². The minimum Gasteiger partial charge on any atom is -0.409 e. The van der Waals surface area contributed by atoms with E-state index in [1.807, 2.05) is 0 Å². The van der Waals surface area contributed by atoms with Crippen LogP contribution in [0.1, 0.15) is 5.76 Å². The van der Waals surface area contributed by atoms with E-state index in [0.717, 1.165) is 4.68 Å². The molecule has 0 aromatic carbocycles. The van der Waals surface area contributed by atoms with Gasteiger partial charge in [0, 0.05) is 7.11 Å². The Kier molecular flexibility index (Phi) is 3.70. The van der Waals surface area contributed by atoms with E-state index >= 15 is 0 Å². The van der Waals surface area contributed by atoms with Crippen molar-refractivity contribution in [2.45, 2.75) is 6.61 Å². The molecule has 0 aliphatic rings. The van der Waals surface area contributed by atoms with E-state index in [0.29, 0.717) is 5.76 Å². The normalized spacial score (nSPS) is 9.18. The third-order valence-electron chi connectivity index (χ3n) is 0.999. The first-order chi connectivity index (χ1) is 4.74. The molecule has 1 heterocycles. The maximum absolute atomic E-state index is 10.5. The van der Waals surface area contributed by atoms with Crippen LogP contribution in [0.5, 0.6) is 0 Å². The Morgan fingerprint density at radius 2 is 2.45 bits per heavy atom. The lowest BCUT2D eigenvalue weighted by atomic mass is 10.6. The van der Waals surface area contributed by atoms with E-state index in [1.165, 1.54) is 13.3 Å². The molecule has 1 rings (SSSR count). The summed E-state index contributed by atoms with van der Waals surface area (Å²) in [6.07, 6.45) is 1.38. The lowest BCUT2D eigenvalue weighted by molar-refractivity contribution is 0.162. The molecule has 5 nitrogen and oxygen atoms in total. The molecule has 0 spiro atoms. The number of nitrogens with two attached hydrogens (primary N) is 1. The van der Waals surface area contributed by atoms with Crippen LogP contribution < -0.4 is 11.6 Å². The summed E-state index contributed by atoms with van der Waals surface area (Å²) in [5.41, 5.74) is 0. The number of hydrogen-bond acceptors (Lipinski definition) is 4. The fourth-order valence-electron chi connectivity index (χ4n) is 0.608. The Labute approximate surface area is 69.1 Å². The highest BCUT2D eigenvalue weighted by Gasteiger charge is 2.00. The SMILES string of the molecule is COCc1cn(N)c(=O)o1.Cl. The second-order valence-electron chi connectivity index (χ2n) is 1.80. The van der Waals surface area contributed by atoms with Crippen molar-refractivity contribution < 1.29 is 9.15 Å². The van der Waals surface area contributed by atoms with Gasteiger partial charge in [-0.25, -0.2) is 4.79 Å². The molecule has 0 radical (unpaired) electrons. The Bertz CT molecular complexity index is 267. The Hall–Kier alpha value is -0.940. The summed E-state index contributed by atoms with van der Waals surface area (Å²) in [5.74, 6) is 4.97. The molecule has 0 aliphatic heterocycles. The molecule has 0 saturated carbocycles. The molecule has 11 heavy (non-hydrogen) atoms. The summed E-state index contributed by atoms with van der Waals surface area (Å²) in [6.45, 7) is 0.263. The second kappa shape index (κ2) is 4.05. The summed E-state index contributed by atoms with van der Waals surface area (Å²) in [4.78, 5) is 10.5. The third-order valence-corrected chi connectivity index (χ3v) is 0.999. The van der Waals surface area contributed by atoms with Crippen LogP contribution in [-0.2, 0) is 11.3 Å². The van der Waals surface area contributed by atoms with Crippen molar-refractivity contribution in [3.8, 4) is 0 Å². The molecule has 0 saturated heterocycles. The largest absolute Gasteiger partial charge is 0.437 e. The zero-order valence-corrected chi connectivity index (χ0v) is 6.76. The number of ether oxygens (including phenoxy) is 1. The van der Waals surface area contributed by atoms with Crippen LogP contribution in [0.3, 0.4) is 0 Å². The Morgan fingerprint density at radius 3 is 2.82 bits per heavy atom. The summed E-state index contributed by atoms with van der Waals surface area (Å²) in [7, 11) is 1.51. The molecule has 2 N–H and O–H groups in total. The van der Waals surface area contributed by atoms with Crippen LogP contribution in [0.4, 0.5) is 0 Å². The van der Waals surface area contributed by atoms with Crippen LogP contribution in [0.25, 0.3) is 0 Å². The summed E-state index contributed by atoms with van der Waals surface area (Å²) >= 11 is 0. The van der Waals surface area contributed by atoms with Crippen molar-refractivity contribution in [1.29, 1.82) is 0 Å². The molecule has 0 aliphatic carbocycles. The van der Waals surface area contributed by atoms with Crippen molar-refractivity contribution >= 4 is 12.4 Å². The van der Waals surface area contributed by atoms with Gasteiger partial charge < -0.3 is 15.0 Å². The van der Waals surface area contributed by atoms with Gasteiger partial charge in [-0.05, 0) is 0 Å². The third kappa shape index (κ3) is 2.28. The zero-order chi connectivity index (χ0) is 7.56. The predicted octanol–water partition coefficient (Wildman–Crippen LogP) is -0.277. The smallest absolute Gasteiger partial charge is 0.409 e. The molecule has 64 valence electrons. The summed E-state index contributed by atoms with van der Waals surface area (Å²) in [5, 5.41) is 0. The molecular formula is C5H9ClN2O3. The molecule has 0 unspecified atom stereocenters. The number of hydrogen-bond donors (Lipinski definition) is 1. The van der Waals surface area contributed by atoms with E-state index < -0.39 is 5.76 Å². The monoisotopic (exact) mass is 180 g/mol. The van der Waals surface area contributed by atoms with Gasteiger partial charge in [-0.2, -0.15) is 4.68 Å². The van der Waals surface area contributed by atoms with Crippen molar-refractivity contribution in [3.05, 3.63) is 22.5 Å². The average molecular weight is 181 g/mol. The van der Waals surface area contributed by atoms with Crippen LogP contribution in [-0.4, -0.2) is 11.8 Å². The number of nitrogen functional groups attached to an aromatic ring is 1. The van der Waals surface area contributed by atoms with E-state index in [4.69, 9.17) is 10.6 Å². The van der Waals surface area contributed by atoms with Crippen molar-refractivity contribution in [2.24, 2.45) is 0 Å². The fourth-order valence-corrected chi connectivity index (χ4v) is 0.608. The fraction of sp³-hybridized carbons (Fsp3) is 0.400. The van der Waals surface area contributed by atoms with Gasteiger partial charge in [0.15, 0.2) is 5.76 Å². The predicted molar refractivity (Wildman–Crippen MR) is 41.1 cm³/mol. The summed E-state index contributed by atoms with van der Waals surface area (Å²) < 4.78 is 10.2. The lowest BCUT2D eigenvalue weighted by Crippen LogP contribution is -2.20. The first-order valence-corrected chi connectivity index (χ1v) is 2.69. The lowest BCUT2D eigenvalue weighted by Gasteiger charge is -1.87. The van der Waals surface area contributed by atoms with Crippen molar-refractivity contribution in [2.75, 3.05) is 13.0 Å². The second-order valence-corrected chi connectivity index (χ2v) is 1.80. The standard InChI is InChI=1S/C5H8N2O3.ClH/c1-9-3-4-2-7(6)5(8)10-4;/h2H,3,6H2,1H3;1H. The maximum Gasteiger partial charge on any atom is 0.437 e. The first kappa shape index (κ1) is 10.1. The minimum absolute atomic E-state index is 0. The molecule has 0 bridgehead atoms. The van der Waals surface area contributed by atoms with Crippen LogP contribution in [0, 0.1) is 0 Å². The molecular weight excluding hydrogens is 172 g/mol. The number of rotatable bonds is 2. The number of nitrogens with zero attached hydrogens (tertiary/aromatic N) is 1. The number of aromatic nitrogens is 1. The molecule has 6 heteroatoms. The highest BCUT2D eigenvalue weighted by molar-refractivity contribution is 5.85. The van der Waals surface area contributed by atoms with E-state index in [2.05, 4.69) is 4.42 Å². The van der Waals surface area contributed by atoms with Gasteiger partial charge in [0.05, 0.1) is 6.20 Å². The van der Waals surface area contributed by atoms with E-state index in [-0.39, 0.29) is 19.0 Å². The molecule has 0 atom stereocenters. The first-order valence-electron chi connectivity index (χ1n) is 2.69. The van der Waals surface area contributed by atoms with Gasteiger partial charge in [0.2, 0.25) is 0 Å². The highest BCUT2D eigenvalue weighted by Crippen LogP contribution is 1.94. The van der Waals surface area contributed by atoms with Gasteiger partial charge in [-0.15, -0.1) is 12.4 Å². The topological polar surface area (TPSA) is 70.4 Å². The highest BCUT2D eigenvalue weighted by atomic mass is 35.5. The quantitative estimate of drug-likeness (QED) is 0.636. The van der Waals surface area contributed by atoms with Crippen molar-refractivity contribution in [1.82, 2.24) is 4.68 Å². The zero-order valence-electron chi connectivity index (χ0n) is 5.94. The molecule has 0 fully saturated rings. The molecule has 0 amide bonds. The summed E-state index contributed by atoms with van der Waals surface area (Å²) in [6, 6.07) is 0. The van der Waals surface area contributed by atoms with Crippen LogP contribution in [0.2, 0.25) is 0 Å². The maximum atomic E-state index is 10.5. The molecule has 1 aromatic heterocycles. The van der Waals surface area contributed by atoms with Gasteiger partial charge in [-0.3, -0.25) is 0 Å². The van der Waals surface area contributed by atoms with E-state index in [9.17, 15) is 4.79 Å².